The molecule has 12 heteroatoms. The lowest BCUT2D eigenvalue weighted by Crippen LogP contribution is -2.11. The van der Waals surface area contributed by atoms with Crippen molar-refractivity contribution >= 4 is 44.0 Å². The van der Waals surface area contributed by atoms with Crippen LogP contribution in [0.3, 0.4) is 0 Å². The normalized spacial score (nSPS) is 11.5. The average molecular weight is 505 g/mol. The minimum atomic E-state index is -3.30. The predicted octanol–water partition coefficient (Wildman–Crippen LogP) is 4.67. The lowest BCUT2D eigenvalue weighted by molar-refractivity contribution is 0.101. The lowest BCUT2D eigenvalue weighted by Gasteiger charge is -2.01. The van der Waals surface area contributed by atoms with Crippen LogP contribution in [-0.4, -0.2) is 35.4 Å². The number of rotatable bonds is 8. The molecule has 1 amide bonds. The van der Waals surface area contributed by atoms with Crippen LogP contribution >= 0.6 is 23.1 Å². The van der Waals surface area contributed by atoms with E-state index in [0.717, 1.165) is 5.56 Å². The quantitative estimate of drug-likeness (QED) is 0.272. The van der Waals surface area contributed by atoms with Crippen molar-refractivity contribution in [2.24, 2.45) is 0 Å². The molecular weight excluding hydrogens is 487 g/mol. The molecule has 2 aromatic heterocycles. The number of hydrogen-bond acceptors (Lipinski definition) is 9. The van der Waals surface area contributed by atoms with Crippen molar-refractivity contribution in [1.29, 1.82) is 0 Å². The first-order chi connectivity index (χ1) is 15.8. The van der Waals surface area contributed by atoms with Gasteiger partial charge in [0, 0.05) is 17.4 Å². The Balaban J connectivity index is 1.37. The lowest BCUT2D eigenvalue weighted by atomic mass is 10.1. The Labute approximate surface area is 197 Å². The van der Waals surface area contributed by atoms with Gasteiger partial charge in [0.15, 0.2) is 25.6 Å². The number of anilines is 1. The number of carbonyl (C=O) groups excluding carboxylic acids is 1. The molecule has 0 radical (unpaired) electrons. The van der Waals surface area contributed by atoms with Crippen LogP contribution < -0.4 is 5.32 Å². The van der Waals surface area contributed by atoms with Crippen LogP contribution in [0.4, 0.5) is 9.52 Å². The number of halogens is 1. The molecule has 8 nitrogen and oxygen atoms in total. The van der Waals surface area contributed by atoms with E-state index in [1.54, 1.807) is 31.2 Å². The minimum absolute atomic E-state index is 0.0110. The second-order valence-electron chi connectivity index (χ2n) is 6.75. The van der Waals surface area contributed by atoms with Gasteiger partial charge in [-0.05, 0) is 42.0 Å². The maximum atomic E-state index is 13.0. The van der Waals surface area contributed by atoms with Crippen LogP contribution in [0.5, 0.6) is 0 Å². The highest BCUT2D eigenvalue weighted by atomic mass is 32.2. The molecule has 33 heavy (non-hydrogen) atoms. The van der Waals surface area contributed by atoms with E-state index in [4.69, 9.17) is 4.52 Å². The molecule has 170 valence electrons. The molecular formula is C21H17FN4O4S3. The molecule has 0 saturated heterocycles. The molecule has 0 aliphatic carbocycles. The zero-order valence-electron chi connectivity index (χ0n) is 17.2. The number of aromatic nitrogens is 3. The highest BCUT2D eigenvalue weighted by molar-refractivity contribution is 8.00. The largest absolute Gasteiger partial charge is 0.355 e. The summed E-state index contributed by atoms with van der Waals surface area (Å²) < 4.78 is 42.7. The molecule has 0 atom stereocenters. The number of benzene rings is 2. The van der Waals surface area contributed by atoms with Gasteiger partial charge in [0.25, 0.3) is 5.91 Å². The Hall–Kier alpha value is -3.09. The highest BCUT2D eigenvalue weighted by Gasteiger charge is 2.17. The van der Waals surface area contributed by atoms with E-state index in [9.17, 15) is 17.6 Å². The van der Waals surface area contributed by atoms with E-state index in [1.807, 2.05) is 0 Å². The summed E-state index contributed by atoms with van der Waals surface area (Å²) in [6.45, 7) is 1.58. The fraction of sp³-hybridized carbons (Fsp3) is 0.143. The van der Waals surface area contributed by atoms with E-state index in [-0.39, 0.29) is 22.2 Å². The van der Waals surface area contributed by atoms with Gasteiger partial charge in [-0.15, -0.1) is 10.2 Å². The maximum absolute atomic E-state index is 13.0. The number of sulfone groups is 1. The van der Waals surface area contributed by atoms with Crippen molar-refractivity contribution in [3.8, 4) is 11.3 Å². The summed E-state index contributed by atoms with van der Waals surface area (Å²) in [5.41, 5.74) is 1.58. The van der Waals surface area contributed by atoms with E-state index in [2.05, 4.69) is 20.7 Å². The van der Waals surface area contributed by atoms with Crippen LogP contribution in [0, 0.1) is 5.82 Å². The van der Waals surface area contributed by atoms with E-state index in [0.29, 0.717) is 26.5 Å². The average Bonchev–Trinajstić information content (AvgIpc) is 3.49. The third-order valence-corrected chi connectivity index (χ3v) is 8.32. The van der Waals surface area contributed by atoms with Gasteiger partial charge in [-0.3, -0.25) is 10.1 Å². The molecule has 0 spiro atoms. The molecule has 0 unspecified atom stereocenters. The first-order valence-electron chi connectivity index (χ1n) is 9.66. The first kappa shape index (κ1) is 23.1. The van der Waals surface area contributed by atoms with Gasteiger partial charge in [0.1, 0.15) is 5.82 Å². The number of hydrogen-bond donors (Lipinski definition) is 1. The molecule has 0 saturated carbocycles. The third-order valence-electron chi connectivity index (χ3n) is 4.52. The second-order valence-corrected chi connectivity index (χ2v) is 11.2. The molecule has 4 rings (SSSR count). The fourth-order valence-corrected chi connectivity index (χ4v) is 5.30. The Kier molecular flexibility index (Phi) is 6.86. The SMILES string of the molecule is CCS(=O)(=O)c1ccc(-c2cc(C(=O)Nc3nnc(SCc4ccc(F)cc4)s3)no2)cc1. The molecule has 0 bridgehead atoms. The number of amides is 1. The third kappa shape index (κ3) is 5.64. The summed E-state index contributed by atoms with van der Waals surface area (Å²) in [5, 5.41) is 14.7. The van der Waals surface area contributed by atoms with Crippen LogP contribution in [-0.2, 0) is 15.6 Å². The van der Waals surface area contributed by atoms with Crippen molar-refractivity contribution < 1.29 is 22.1 Å². The fourth-order valence-electron chi connectivity index (χ4n) is 2.72. The second kappa shape index (κ2) is 9.81. The molecule has 0 fully saturated rings. The minimum Gasteiger partial charge on any atom is -0.355 e. The van der Waals surface area contributed by atoms with Gasteiger partial charge < -0.3 is 4.52 Å². The standard InChI is InChI=1S/C21H17FN4O4S3/c1-2-33(28,29)16-9-5-14(6-10-16)18-11-17(26-30-18)19(27)23-20-24-25-21(32-20)31-12-13-3-7-15(22)8-4-13/h3-11H,2,12H2,1H3,(H,23,24,27). The number of thioether (sulfide) groups is 1. The van der Waals surface area contributed by atoms with Crippen molar-refractivity contribution in [3.63, 3.8) is 0 Å². The van der Waals surface area contributed by atoms with Gasteiger partial charge in [0.2, 0.25) is 5.13 Å². The maximum Gasteiger partial charge on any atom is 0.279 e. The van der Waals surface area contributed by atoms with Gasteiger partial charge in [0.05, 0.1) is 10.6 Å². The molecule has 2 heterocycles. The van der Waals surface area contributed by atoms with E-state index in [1.165, 1.54) is 53.4 Å². The van der Waals surface area contributed by atoms with Gasteiger partial charge in [-0.1, -0.05) is 47.3 Å². The molecule has 0 aliphatic rings. The summed E-state index contributed by atoms with van der Waals surface area (Å²) in [5.74, 6) is 0.127. The van der Waals surface area contributed by atoms with Crippen molar-refractivity contribution in [2.75, 3.05) is 11.1 Å². The number of nitrogens with zero attached hydrogens (tertiary/aromatic N) is 3. The first-order valence-corrected chi connectivity index (χ1v) is 13.1. The van der Waals surface area contributed by atoms with Crippen LogP contribution in [0.15, 0.2) is 68.4 Å². The Morgan fingerprint density at radius 3 is 2.55 bits per heavy atom. The van der Waals surface area contributed by atoms with Crippen LogP contribution in [0.1, 0.15) is 23.0 Å². The van der Waals surface area contributed by atoms with Crippen molar-refractivity contribution in [1.82, 2.24) is 15.4 Å². The van der Waals surface area contributed by atoms with Gasteiger partial charge in [-0.25, -0.2) is 12.8 Å². The summed E-state index contributed by atoms with van der Waals surface area (Å²) in [7, 11) is -3.30. The van der Waals surface area contributed by atoms with Crippen molar-refractivity contribution in [2.45, 2.75) is 21.9 Å². The molecule has 4 aromatic rings. The van der Waals surface area contributed by atoms with Gasteiger partial charge >= 0.3 is 0 Å². The monoisotopic (exact) mass is 504 g/mol. The predicted molar refractivity (Wildman–Crippen MR) is 123 cm³/mol. The number of nitrogens with one attached hydrogen (secondary N) is 1. The Morgan fingerprint density at radius 1 is 1.12 bits per heavy atom. The summed E-state index contributed by atoms with van der Waals surface area (Å²) in [6.07, 6.45) is 0. The molecule has 0 aliphatic heterocycles. The topological polar surface area (TPSA) is 115 Å². The number of carbonyl (C=O) groups is 1. The smallest absolute Gasteiger partial charge is 0.279 e. The molecule has 2 aromatic carbocycles. The zero-order valence-corrected chi connectivity index (χ0v) is 19.6. The van der Waals surface area contributed by atoms with Gasteiger partial charge in [-0.2, -0.15) is 0 Å². The zero-order chi connectivity index (χ0) is 23.4. The Bertz CT molecular complexity index is 1370. The van der Waals surface area contributed by atoms with E-state index >= 15 is 0 Å². The molecule has 1 N–H and O–H groups in total. The van der Waals surface area contributed by atoms with E-state index < -0.39 is 15.7 Å². The summed E-state index contributed by atoms with van der Waals surface area (Å²) in [4.78, 5) is 12.7. The summed E-state index contributed by atoms with van der Waals surface area (Å²) >= 11 is 2.63. The van der Waals surface area contributed by atoms with Crippen LogP contribution in [0.2, 0.25) is 0 Å². The summed E-state index contributed by atoms with van der Waals surface area (Å²) in [6, 6.07) is 13.8. The Morgan fingerprint density at radius 2 is 1.85 bits per heavy atom. The van der Waals surface area contributed by atoms with Crippen molar-refractivity contribution in [3.05, 3.63) is 71.7 Å². The highest BCUT2D eigenvalue weighted by Crippen LogP contribution is 2.29. The van der Waals surface area contributed by atoms with Crippen LogP contribution in [0.25, 0.3) is 11.3 Å².